The third-order valence-electron chi connectivity index (χ3n) is 5.70. The van der Waals surface area contributed by atoms with E-state index in [0.29, 0.717) is 43.5 Å². The van der Waals surface area contributed by atoms with Gasteiger partial charge >= 0.3 is 0 Å². The first-order chi connectivity index (χ1) is 13.8. The van der Waals surface area contributed by atoms with Gasteiger partial charge in [0.2, 0.25) is 15.9 Å². The lowest BCUT2D eigenvalue weighted by atomic mass is 10.2. The van der Waals surface area contributed by atoms with Crippen molar-refractivity contribution in [2.75, 3.05) is 65.4 Å². The standard InChI is InChI=1S/C21H34N4O3S/c1-18(2)16-22-8-12-24(13-9-22)21(26)17-23-10-14-25(15-11-23)29(27,28)20-6-4-19(3)5-7-20/h4-7,18H,8-17H2,1-3H3. The third-order valence-corrected chi connectivity index (χ3v) is 7.61. The van der Waals surface area contributed by atoms with Gasteiger partial charge in [0.25, 0.3) is 0 Å². The number of piperazine rings is 2. The Morgan fingerprint density at radius 2 is 1.45 bits per heavy atom. The minimum Gasteiger partial charge on any atom is -0.339 e. The SMILES string of the molecule is Cc1ccc(S(=O)(=O)N2CCN(CC(=O)N3CCN(CC(C)C)CC3)CC2)cc1. The van der Waals surface area contributed by atoms with Gasteiger partial charge in [0, 0.05) is 58.9 Å². The largest absolute Gasteiger partial charge is 0.339 e. The van der Waals surface area contributed by atoms with E-state index in [1.165, 1.54) is 4.31 Å². The Hall–Kier alpha value is -1.48. The molecule has 0 aromatic heterocycles. The predicted molar refractivity (Wildman–Crippen MR) is 114 cm³/mol. The lowest BCUT2D eigenvalue weighted by molar-refractivity contribution is -0.134. The Kier molecular flexibility index (Phi) is 7.32. The van der Waals surface area contributed by atoms with Crippen LogP contribution in [0, 0.1) is 12.8 Å². The van der Waals surface area contributed by atoms with E-state index in [-0.39, 0.29) is 5.91 Å². The van der Waals surface area contributed by atoms with Gasteiger partial charge < -0.3 is 4.90 Å². The van der Waals surface area contributed by atoms with Crippen molar-refractivity contribution in [1.82, 2.24) is 19.0 Å². The first-order valence-electron chi connectivity index (χ1n) is 10.5. The molecule has 0 unspecified atom stereocenters. The maximum atomic E-state index is 12.8. The molecule has 162 valence electrons. The van der Waals surface area contributed by atoms with Crippen molar-refractivity contribution in [1.29, 1.82) is 0 Å². The summed E-state index contributed by atoms with van der Waals surface area (Å²) >= 11 is 0. The first-order valence-corrected chi connectivity index (χ1v) is 12.0. The van der Waals surface area contributed by atoms with E-state index in [9.17, 15) is 13.2 Å². The summed E-state index contributed by atoms with van der Waals surface area (Å²) in [7, 11) is -3.46. The minimum absolute atomic E-state index is 0.157. The normalized spacial score (nSPS) is 20.3. The number of hydrogen-bond acceptors (Lipinski definition) is 5. The molecule has 0 spiro atoms. The number of carbonyl (C=O) groups excluding carboxylic acids is 1. The van der Waals surface area contributed by atoms with Crippen LogP contribution in [-0.4, -0.2) is 98.8 Å². The first kappa shape index (κ1) is 22.2. The van der Waals surface area contributed by atoms with Gasteiger partial charge in [0.05, 0.1) is 11.4 Å². The molecule has 29 heavy (non-hydrogen) atoms. The van der Waals surface area contributed by atoms with Gasteiger partial charge in [0.15, 0.2) is 0 Å². The minimum atomic E-state index is -3.46. The molecule has 2 aliphatic rings. The van der Waals surface area contributed by atoms with Crippen LogP contribution in [0.4, 0.5) is 0 Å². The Morgan fingerprint density at radius 3 is 2.00 bits per heavy atom. The van der Waals surface area contributed by atoms with Crippen LogP contribution in [0.25, 0.3) is 0 Å². The van der Waals surface area contributed by atoms with Crippen LogP contribution in [0.1, 0.15) is 19.4 Å². The Bertz CT molecular complexity index is 779. The molecule has 8 heteroatoms. The molecule has 1 amide bonds. The van der Waals surface area contributed by atoms with E-state index in [1.54, 1.807) is 12.1 Å². The predicted octanol–water partition coefficient (Wildman–Crippen LogP) is 1.10. The second-order valence-corrected chi connectivity index (χ2v) is 10.5. The second-order valence-electron chi connectivity index (χ2n) is 8.57. The average Bonchev–Trinajstić information content (AvgIpc) is 2.69. The molecule has 1 aromatic rings. The number of amides is 1. The van der Waals surface area contributed by atoms with Gasteiger partial charge in [-0.25, -0.2) is 8.42 Å². The molecule has 0 aliphatic carbocycles. The number of benzene rings is 1. The molecule has 0 atom stereocenters. The van der Waals surface area contributed by atoms with Crippen molar-refractivity contribution in [2.45, 2.75) is 25.7 Å². The lowest BCUT2D eigenvalue weighted by Crippen LogP contribution is -2.54. The van der Waals surface area contributed by atoms with Crippen LogP contribution < -0.4 is 0 Å². The van der Waals surface area contributed by atoms with Crippen LogP contribution in [-0.2, 0) is 14.8 Å². The van der Waals surface area contributed by atoms with E-state index in [0.717, 1.165) is 38.3 Å². The maximum absolute atomic E-state index is 12.8. The Labute approximate surface area is 175 Å². The van der Waals surface area contributed by atoms with Crippen LogP contribution >= 0.6 is 0 Å². The van der Waals surface area contributed by atoms with Crippen molar-refractivity contribution >= 4 is 15.9 Å². The van der Waals surface area contributed by atoms with E-state index in [2.05, 4.69) is 23.6 Å². The molecule has 2 saturated heterocycles. The molecular weight excluding hydrogens is 388 g/mol. The highest BCUT2D eigenvalue weighted by Gasteiger charge is 2.30. The van der Waals surface area contributed by atoms with Crippen molar-refractivity contribution < 1.29 is 13.2 Å². The van der Waals surface area contributed by atoms with E-state index in [1.807, 2.05) is 24.0 Å². The highest BCUT2D eigenvalue weighted by atomic mass is 32.2. The summed E-state index contributed by atoms with van der Waals surface area (Å²) in [4.78, 5) is 19.4. The quantitative estimate of drug-likeness (QED) is 0.687. The van der Waals surface area contributed by atoms with Crippen LogP contribution in [0.3, 0.4) is 0 Å². The van der Waals surface area contributed by atoms with Crippen molar-refractivity contribution in [2.24, 2.45) is 5.92 Å². The monoisotopic (exact) mass is 422 g/mol. The zero-order valence-corrected chi connectivity index (χ0v) is 18.7. The number of rotatable bonds is 6. The summed E-state index contributed by atoms with van der Waals surface area (Å²) in [5.74, 6) is 0.800. The van der Waals surface area contributed by atoms with Gasteiger partial charge in [0.1, 0.15) is 0 Å². The zero-order valence-electron chi connectivity index (χ0n) is 17.9. The fraction of sp³-hybridized carbons (Fsp3) is 0.667. The Morgan fingerprint density at radius 1 is 0.897 bits per heavy atom. The number of aryl methyl sites for hydroxylation is 1. The zero-order chi connectivity index (χ0) is 21.0. The molecule has 0 N–H and O–H groups in total. The van der Waals surface area contributed by atoms with Crippen molar-refractivity contribution in [3.63, 3.8) is 0 Å². The van der Waals surface area contributed by atoms with E-state index < -0.39 is 10.0 Å². The van der Waals surface area contributed by atoms with Gasteiger partial charge in [-0.3, -0.25) is 14.6 Å². The molecule has 7 nitrogen and oxygen atoms in total. The second kappa shape index (κ2) is 9.55. The lowest BCUT2D eigenvalue weighted by Gasteiger charge is -2.38. The topological polar surface area (TPSA) is 64.2 Å². The number of carbonyl (C=O) groups is 1. The summed E-state index contributed by atoms with van der Waals surface area (Å²) in [5.41, 5.74) is 1.04. The third kappa shape index (κ3) is 5.78. The van der Waals surface area contributed by atoms with Gasteiger partial charge in [-0.1, -0.05) is 31.5 Å². The fourth-order valence-corrected chi connectivity index (χ4v) is 5.40. The molecule has 3 rings (SSSR count). The average molecular weight is 423 g/mol. The van der Waals surface area contributed by atoms with Crippen LogP contribution in [0.5, 0.6) is 0 Å². The van der Waals surface area contributed by atoms with Gasteiger partial charge in [-0.05, 0) is 25.0 Å². The molecule has 2 heterocycles. The number of hydrogen-bond donors (Lipinski definition) is 0. The summed E-state index contributed by atoms with van der Waals surface area (Å²) in [6, 6.07) is 6.98. The summed E-state index contributed by atoms with van der Waals surface area (Å²) in [5, 5.41) is 0. The summed E-state index contributed by atoms with van der Waals surface area (Å²) in [6.45, 7) is 13.3. The highest BCUT2D eigenvalue weighted by molar-refractivity contribution is 7.89. The molecule has 0 saturated carbocycles. The molecular formula is C21H34N4O3S. The molecule has 1 aromatic carbocycles. The Balaban J connectivity index is 1.46. The summed E-state index contributed by atoms with van der Waals surface area (Å²) in [6.07, 6.45) is 0. The van der Waals surface area contributed by atoms with Crippen molar-refractivity contribution in [3.05, 3.63) is 29.8 Å². The smallest absolute Gasteiger partial charge is 0.243 e. The van der Waals surface area contributed by atoms with E-state index in [4.69, 9.17) is 0 Å². The summed E-state index contributed by atoms with van der Waals surface area (Å²) < 4.78 is 27.1. The maximum Gasteiger partial charge on any atom is 0.243 e. The molecule has 2 aliphatic heterocycles. The van der Waals surface area contributed by atoms with Crippen molar-refractivity contribution in [3.8, 4) is 0 Å². The molecule has 0 bridgehead atoms. The van der Waals surface area contributed by atoms with Gasteiger partial charge in [-0.15, -0.1) is 0 Å². The molecule has 0 radical (unpaired) electrons. The fourth-order valence-electron chi connectivity index (χ4n) is 3.97. The van der Waals surface area contributed by atoms with Crippen LogP contribution in [0.2, 0.25) is 0 Å². The molecule has 2 fully saturated rings. The van der Waals surface area contributed by atoms with Crippen LogP contribution in [0.15, 0.2) is 29.2 Å². The number of nitrogens with zero attached hydrogens (tertiary/aromatic N) is 4. The van der Waals surface area contributed by atoms with E-state index >= 15 is 0 Å². The number of sulfonamides is 1. The highest BCUT2D eigenvalue weighted by Crippen LogP contribution is 2.18. The van der Waals surface area contributed by atoms with Gasteiger partial charge in [-0.2, -0.15) is 4.31 Å².